The van der Waals surface area contributed by atoms with Crippen LogP contribution in [0.15, 0.2) is 30.6 Å². The number of aromatic nitrogens is 2. The molecule has 5 rings (SSSR count). The predicted molar refractivity (Wildman–Crippen MR) is 118 cm³/mol. The topological polar surface area (TPSA) is 61.4 Å². The van der Waals surface area contributed by atoms with Crippen molar-refractivity contribution in [3.8, 4) is 0 Å². The van der Waals surface area contributed by atoms with Gasteiger partial charge in [-0.25, -0.2) is 14.4 Å². The number of halogens is 1. The number of hydrogen-bond acceptors (Lipinski definition) is 5. The van der Waals surface area contributed by atoms with E-state index < -0.39 is 6.17 Å². The minimum atomic E-state index is -0.825. The minimum absolute atomic E-state index is 0.192. The second kappa shape index (κ2) is 8.91. The molecule has 3 aliphatic rings. The molecule has 0 radical (unpaired) electrons. The van der Waals surface area contributed by atoms with Crippen LogP contribution in [0.5, 0.6) is 0 Å². The summed E-state index contributed by atoms with van der Waals surface area (Å²) in [5, 5.41) is 2.98. The SMILES string of the molecule is O=C(NCc1ccc2c(c1)CCN(C1CCC1)CC2)c1cnc(N2CCC(F)C2)nc1. The number of alkyl halides is 1. The molecule has 1 aromatic carbocycles. The van der Waals surface area contributed by atoms with Crippen LogP contribution >= 0.6 is 0 Å². The molecule has 1 saturated carbocycles. The van der Waals surface area contributed by atoms with Crippen LogP contribution in [0.4, 0.5) is 10.3 Å². The first kappa shape index (κ1) is 20.4. The molecule has 31 heavy (non-hydrogen) atoms. The molecule has 1 unspecified atom stereocenters. The monoisotopic (exact) mass is 423 g/mol. The highest BCUT2D eigenvalue weighted by molar-refractivity contribution is 5.93. The summed E-state index contributed by atoms with van der Waals surface area (Å²) < 4.78 is 13.4. The Hall–Kier alpha value is -2.54. The third-order valence-electron chi connectivity index (χ3n) is 6.97. The molecule has 2 fully saturated rings. The van der Waals surface area contributed by atoms with Crippen LogP contribution in [-0.4, -0.2) is 59.2 Å². The Morgan fingerprint density at radius 1 is 1.06 bits per heavy atom. The molecule has 1 atom stereocenters. The van der Waals surface area contributed by atoms with E-state index in [-0.39, 0.29) is 5.91 Å². The van der Waals surface area contributed by atoms with Crippen molar-refractivity contribution < 1.29 is 9.18 Å². The van der Waals surface area contributed by atoms with Gasteiger partial charge < -0.3 is 10.2 Å². The predicted octanol–water partition coefficient (Wildman–Crippen LogP) is 2.91. The lowest BCUT2D eigenvalue weighted by atomic mass is 9.91. The van der Waals surface area contributed by atoms with Crippen molar-refractivity contribution in [1.29, 1.82) is 0 Å². The summed E-state index contributed by atoms with van der Waals surface area (Å²) in [6.45, 7) is 3.71. The maximum atomic E-state index is 13.4. The zero-order chi connectivity index (χ0) is 21.2. The molecule has 1 amide bonds. The van der Waals surface area contributed by atoms with E-state index in [4.69, 9.17) is 0 Å². The highest BCUT2D eigenvalue weighted by Gasteiger charge is 2.26. The van der Waals surface area contributed by atoms with E-state index in [9.17, 15) is 9.18 Å². The van der Waals surface area contributed by atoms with Crippen LogP contribution in [0, 0.1) is 0 Å². The largest absolute Gasteiger partial charge is 0.348 e. The fourth-order valence-corrected chi connectivity index (χ4v) is 4.81. The number of carbonyl (C=O) groups is 1. The summed E-state index contributed by atoms with van der Waals surface area (Å²) in [7, 11) is 0. The van der Waals surface area contributed by atoms with Crippen molar-refractivity contribution in [3.05, 3.63) is 52.8 Å². The number of rotatable bonds is 5. The van der Waals surface area contributed by atoms with Crippen LogP contribution in [0.1, 0.15) is 52.7 Å². The zero-order valence-corrected chi connectivity index (χ0v) is 17.9. The number of nitrogens with zero attached hydrogens (tertiary/aromatic N) is 4. The number of benzene rings is 1. The third kappa shape index (κ3) is 4.56. The van der Waals surface area contributed by atoms with Gasteiger partial charge in [-0.3, -0.25) is 9.69 Å². The van der Waals surface area contributed by atoms with Gasteiger partial charge in [0.25, 0.3) is 5.91 Å². The van der Waals surface area contributed by atoms with Crippen LogP contribution in [0.2, 0.25) is 0 Å². The lowest BCUT2D eigenvalue weighted by Gasteiger charge is -2.36. The highest BCUT2D eigenvalue weighted by Crippen LogP contribution is 2.27. The Morgan fingerprint density at radius 2 is 1.84 bits per heavy atom. The summed E-state index contributed by atoms with van der Waals surface area (Å²) in [5.74, 6) is 0.292. The van der Waals surface area contributed by atoms with Gasteiger partial charge in [-0.1, -0.05) is 24.6 Å². The molecule has 2 aromatic rings. The van der Waals surface area contributed by atoms with E-state index in [2.05, 4.69) is 38.4 Å². The molecule has 1 N–H and O–H groups in total. The van der Waals surface area contributed by atoms with Crippen molar-refractivity contribution in [3.63, 3.8) is 0 Å². The average molecular weight is 424 g/mol. The van der Waals surface area contributed by atoms with Crippen LogP contribution in [0.25, 0.3) is 0 Å². The Kier molecular flexibility index (Phi) is 5.85. The van der Waals surface area contributed by atoms with Gasteiger partial charge in [0.1, 0.15) is 6.17 Å². The highest BCUT2D eigenvalue weighted by atomic mass is 19.1. The summed E-state index contributed by atoms with van der Waals surface area (Å²) in [6, 6.07) is 7.40. The summed E-state index contributed by atoms with van der Waals surface area (Å²) in [6.07, 6.45) is 9.01. The van der Waals surface area contributed by atoms with E-state index in [0.717, 1.165) is 37.5 Å². The van der Waals surface area contributed by atoms with Gasteiger partial charge in [-0.15, -0.1) is 0 Å². The number of anilines is 1. The molecule has 1 aromatic heterocycles. The Bertz CT molecular complexity index is 930. The lowest BCUT2D eigenvalue weighted by molar-refractivity contribution is 0.0950. The average Bonchev–Trinajstić information content (AvgIpc) is 3.09. The van der Waals surface area contributed by atoms with Gasteiger partial charge in [0.15, 0.2) is 0 Å². The van der Waals surface area contributed by atoms with E-state index in [0.29, 0.717) is 37.6 Å². The normalized spacial score (nSPS) is 22.0. The smallest absolute Gasteiger partial charge is 0.254 e. The summed E-state index contributed by atoms with van der Waals surface area (Å²) in [4.78, 5) is 25.5. The third-order valence-corrected chi connectivity index (χ3v) is 6.97. The molecule has 0 bridgehead atoms. The summed E-state index contributed by atoms with van der Waals surface area (Å²) >= 11 is 0. The summed E-state index contributed by atoms with van der Waals surface area (Å²) in [5.41, 5.74) is 4.40. The van der Waals surface area contributed by atoms with Crippen molar-refractivity contribution >= 4 is 11.9 Å². The van der Waals surface area contributed by atoms with Gasteiger partial charge >= 0.3 is 0 Å². The molecule has 2 aliphatic heterocycles. The van der Waals surface area contributed by atoms with Gasteiger partial charge in [-0.2, -0.15) is 0 Å². The molecule has 1 saturated heterocycles. The zero-order valence-electron chi connectivity index (χ0n) is 17.9. The number of hydrogen-bond donors (Lipinski definition) is 1. The molecule has 1 aliphatic carbocycles. The van der Waals surface area contributed by atoms with Gasteiger partial charge in [0.05, 0.1) is 12.1 Å². The Balaban J connectivity index is 1.17. The maximum absolute atomic E-state index is 13.4. The van der Waals surface area contributed by atoms with E-state index in [1.807, 2.05) is 4.90 Å². The molecule has 164 valence electrons. The first-order chi connectivity index (χ1) is 15.2. The van der Waals surface area contributed by atoms with Crippen LogP contribution < -0.4 is 10.2 Å². The van der Waals surface area contributed by atoms with Crippen LogP contribution in [0.3, 0.4) is 0 Å². The number of nitrogens with one attached hydrogen (secondary N) is 1. The fourth-order valence-electron chi connectivity index (χ4n) is 4.81. The van der Waals surface area contributed by atoms with Crippen molar-refractivity contribution in [2.75, 3.05) is 31.1 Å². The van der Waals surface area contributed by atoms with Crippen molar-refractivity contribution in [2.24, 2.45) is 0 Å². The van der Waals surface area contributed by atoms with E-state index >= 15 is 0 Å². The number of amides is 1. The van der Waals surface area contributed by atoms with E-state index in [1.54, 1.807) is 0 Å². The number of carbonyl (C=O) groups excluding carboxylic acids is 1. The second-order valence-corrected chi connectivity index (χ2v) is 9.01. The first-order valence-corrected chi connectivity index (χ1v) is 11.5. The molecular formula is C24H30FN5O. The molecule has 3 heterocycles. The van der Waals surface area contributed by atoms with Gasteiger partial charge in [0.2, 0.25) is 5.95 Å². The first-order valence-electron chi connectivity index (χ1n) is 11.5. The quantitative estimate of drug-likeness (QED) is 0.801. The second-order valence-electron chi connectivity index (χ2n) is 9.01. The molecule has 7 heteroatoms. The Morgan fingerprint density at radius 3 is 2.52 bits per heavy atom. The number of fused-ring (bicyclic) bond motifs is 1. The molecular weight excluding hydrogens is 393 g/mol. The minimum Gasteiger partial charge on any atom is -0.348 e. The Labute approximate surface area is 182 Å². The molecule has 6 nitrogen and oxygen atoms in total. The van der Waals surface area contributed by atoms with Gasteiger partial charge in [-0.05, 0) is 48.8 Å². The van der Waals surface area contributed by atoms with Crippen molar-refractivity contribution in [2.45, 2.75) is 57.3 Å². The van der Waals surface area contributed by atoms with Crippen LogP contribution in [-0.2, 0) is 19.4 Å². The maximum Gasteiger partial charge on any atom is 0.254 e. The fraction of sp³-hybridized carbons (Fsp3) is 0.542. The molecule has 0 spiro atoms. The van der Waals surface area contributed by atoms with Gasteiger partial charge in [0, 0.05) is 44.6 Å². The lowest BCUT2D eigenvalue weighted by Crippen LogP contribution is -2.41. The van der Waals surface area contributed by atoms with Crippen molar-refractivity contribution in [1.82, 2.24) is 20.2 Å². The standard InChI is InChI=1S/C24H30FN5O/c25-21-8-11-30(16-21)24-27-14-20(15-28-24)23(31)26-13-17-4-5-18-6-9-29(22-2-1-3-22)10-7-19(18)12-17/h4-5,12,14-15,21-22H,1-3,6-11,13,16H2,(H,26,31). The van der Waals surface area contributed by atoms with E-state index in [1.165, 1.54) is 42.8 Å².